The lowest BCUT2D eigenvalue weighted by Crippen LogP contribution is -2.28. The molecule has 1 fully saturated rings. The molecule has 1 aliphatic heterocycles. The number of para-hydroxylation sites is 1. The molecule has 1 heterocycles. The SMILES string of the molecule is CCc1ccccc1N1CC(C(=O)Nc2cc(C)ccc2C)CC1=O. The Balaban J connectivity index is 1.76. The number of anilines is 2. The van der Waals surface area contributed by atoms with Crippen LogP contribution in [0.4, 0.5) is 11.4 Å². The summed E-state index contributed by atoms with van der Waals surface area (Å²) in [5.41, 5.74) is 5.01. The molecule has 3 rings (SSSR count). The average molecular weight is 336 g/mol. The van der Waals surface area contributed by atoms with Crippen LogP contribution in [0, 0.1) is 19.8 Å². The van der Waals surface area contributed by atoms with Crippen LogP contribution in [0.25, 0.3) is 0 Å². The number of carbonyl (C=O) groups excluding carboxylic acids is 2. The lowest BCUT2D eigenvalue weighted by molar-refractivity contribution is -0.122. The maximum atomic E-state index is 12.7. The maximum absolute atomic E-state index is 12.7. The van der Waals surface area contributed by atoms with Crippen LogP contribution in [0.2, 0.25) is 0 Å². The molecule has 0 radical (unpaired) electrons. The van der Waals surface area contributed by atoms with Gasteiger partial charge in [-0.3, -0.25) is 9.59 Å². The largest absolute Gasteiger partial charge is 0.326 e. The smallest absolute Gasteiger partial charge is 0.229 e. The first-order chi connectivity index (χ1) is 12.0. The van der Waals surface area contributed by atoms with E-state index in [2.05, 4.69) is 12.2 Å². The number of carbonyl (C=O) groups is 2. The van der Waals surface area contributed by atoms with E-state index in [-0.39, 0.29) is 24.2 Å². The maximum Gasteiger partial charge on any atom is 0.229 e. The Kier molecular flexibility index (Phi) is 4.88. The Morgan fingerprint density at radius 2 is 1.96 bits per heavy atom. The minimum Gasteiger partial charge on any atom is -0.326 e. The molecule has 1 aliphatic rings. The number of nitrogens with one attached hydrogen (secondary N) is 1. The van der Waals surface area contributed by atoms with E-state index in [4.69, 9.17) is 0 Å². The molecule has 25 heavy (non-hydrogen) atoms. The van der Waals surface area contributed by atoms with Gasteiger partial charge in [-0.1, -0.05) is 37.3 Å². The Bertz CT molecular complexity index is 813. The number of hydrogen-bond acceptors (Lipinski definition) is 2. The van der Waals surface area contributed by atoms with Crippen LogP contribution in [0.15, 0.2) is 42.5 Å². The molecule has 1 atom stereocenters. The van der Waals surface area contributed by atoms with Gasteiger partial charge in [-0.05, 0) is 49.1 Å². The van der Waals surface area contributed by atoms with Crippen molar-refractivity contribution >= 4 is 23.2 Å². The van der Waals surface area contributed by atoms with Crippen molar-refractivity contribution in [2.24, 2.45) is 5.92 Å². The summed E-state index contributed by atoms with van der Waals surface area (Å²) in [4.78, 5) is 26.9. The third-order valence-electron chi connectivity index (χ3n) is 4.81. The summed E-state index contributed by atoms with van der Waals surface area (Å²) in [6, 6.07) is 13.9. The third kappa shape index (κ3) is 3.58. The first kappa shape index (κ1) is 17.2. The molecule has 2 amide bonds. The number of nitrogens with zero attached hydrogens (tertiary/aromatic N) is 1. The molecule has 0 aromatic heterocycles. The number of hydrogen-bond donors (Lipinski definition) is 1. The molecule has 2 aromatic rings. The topological polar surface area (TPSA) is 49.4 Å². The highest BCUT2D eigenvalue weighted by molar-refractivity contribution is 6.04. The van der Waals surface area contributed by atoms with E-state index in [1.54, 1.807) is 4.90 Å². The van der Waals surface area contributed by atoms with Gasteiger partial charge in [0.1, 0.15) is 0 Å². The fraction of sp³-hybridized carbons (Fsp3) is 0.333. The van der Waals surface area contributed by atoms with E-state index in [1.807, 2.05) is 56.3 Å². The quantitative estimate of drug-likeness (QED) is 0.922. The molecule has 0 aliphatic carbocycles. The predicted octanol–water partition coefficient (Wildman–Crippen LogP) is 3.86. The van der Waals surface area contributed by atoms with E-state index in [0.29, 0.717) is 6.54 Å². The summed E-state index contributed by atoms with van der Waals surface area (Å²) >= 11 is 0. The number of rotatable bonds is 4. The molecule has 130 valence electrons. The predicted molar refractivity (Wildman–Crippen MR) is 101 cm³/mol. The Morgan fingerprint density at radius 1 is 1.20 bits per heavy atom. The van der Waals surface area contributed by atoms with Gasteiger partial charge in [0, 0.05) is 24.3 Å². The summed E-state index contributed by atoms with van der Waals surface area (Å²) in [6.07, 6.45) is 1.12. The van der Waals surface area contributed by atoms with Crippen LogP contribution < -0.4 is 10.2 Å². The highest BCUT2D eigenvalue weighted by Gasteiger charge is 2.35. The van der Waals surface area contributed by atoms with Gasteiger partial charge in [-0.15, -0.1) is 0 Å². The van der Waals surface area contributed by atoms with Crippen LogP contribution in [0.1, 0.15) is 30.0 Å². The average Bonchev–Trinajstić information content (AvgIpc) is 3.00. The summed E-state index contributed by atoms with van der Waals surface area (Å²) in [6.45, 7) is 6.48. The van der Waals surface area contributed by atoms with E-state index in [0.717, 1.165) is 34.5 Å². The van der Waals surface area contributed by atoms with Crippen molar-refractivity contribution in [1.29, 1.82) is 0 Å². The molecule has 0 spiro atoms. The number of amides is 2. The Morgan fingerprint density at radius 3 is 2.72 bits per heavy atom. The van der Waals surface area contributed by atoms with E-state index < -0.39 is 0 Å². The van der Waals surface area contributed by atoms with Crippen LogP contribution in [-0.2, 0) is 16.0 Å². The van der Waals surface area contributed by atoms with Gasteiger partial charge in [0.05, 0.1) is 5.92 Å². The molecule has 2 aromatic carbocycles. The molecule has 1 saturated heterocycles. The highest BCUT2D eigenvalue weighted by atomic mass is 16.2. The zero-order chi connectivity index (χ0) is 18.0. The third-order valence-corrected chi connectivity index (χ3v) is 4.81. The van der Waals surface area contributed by atoms with E-state index >= 15 is 0 Å². The van der Waals surface area contributed by atoms with E-state index in [9.17, 15) is 9.59 Å². The number of benzene rings is 2. The van der Waals surface area contributed by atoms with Crippen LogP contribution >= 0.6 is 0 Å². The Labute approximate surface area is 148 Å². The molecular formula is C21H24N2O2. The Hall–Kier alpha value is -2.62. The van der Waals surface area contributed by atoms with Crippen molar-refractivity contribution in [3.63, 3.8) is 0 Å². The summed E-state index contributed by atoms with van der Waals surface area (Å²) in [5.74, 6) is -0.391. The fourth-order valence-electron chi connectivity index (χ4n) is 3.29. The van der Waals surface area contributed by atoms with Crippen molar-refractivity contribution in [2.75, 3.05) is 16.8 Å². The van der Waals surface area contributed by atoms with Crippen LogP contribution in [0.5, 0.6) is 0 Å². The van der Waals surface area contributed by atoms with Gasteiger partial charge in [0.25, 0.3) is 0 Å². The first-order valence-corrected chi connectivity index (χ1v) is 8.76. The van der Waals surface area contributed by atoms with Crippen molar-refractivity contribution < 1.29 is 9.59 Å². The van der Waals surface area contributed by atoms with Gasteiger partial charge < -0.3 is 10.2 Å². The zero-order valence-electron chi connectivity index (χ0n) is 15.0. The second-order valence-corrected chi connectivity index (χ2v) is 6.70. The molecular weight excluding hydrogens is 312 g/mol. The van der Waals surface area contributed by atoms with E-state index in [1.165, 1.54) is 0 Å². The molecule has 4 nitrogen and oxygen atoms in total. The van der Waals surface area contributed by atoms with Gasteiger partial charge >= 0.3 is 0 Å². The standard InChI is InChI=1S/C21H24N2O2/c1-4-16-7-5-6-8-19(16)23-13-17(12-20(23)24)21(25)22-18-11-14(2)9-10-15(18)3/h5-11,17H,4,12-13H2,1-3H3,(H,22,25). The molecule has 1 unspecified atom stereocenters. The van der Waals surface area contributed by atoms with Gasteiger partial charge in [0.2, 0.25) is 11.8 Å². The molecule has 0 saturated carbocycles. The van der Waals surface area contributed by atoms with Crippen molar-refractivity contribution in [1.82, 2.24) is 0 Å². The zero-order valence-corrected chi connectivity index (χ0v) is 15.0. The summed E-state index contributed by atoms with van der Waals surface area (Å²) in [7, 11) is 0. The molecule has 4 heteroatoms. The second-order valence-electron chi connectivity index (χ2n) is 6.70. The minimum atomic E-state index is -0.322. The van der Waals surface area contributed by atoms with Crippen molar-refractivity contribution in [3.8, 4) is 0 Å². The van der Waals surface area contributed by atoms with Crippen molar-refractivity contribution in [3.05, 3.63) is 59.2 Å². The molecule has 0 bridgehead atoms. The lowest BCUT2D eigenvalue weighted by atomic mass is 10.1. The van der Waals surface area contributed by atoms with Gasteiger partial charge in [-0.25, -0.2) is 0 Å². The van der Waals surface area contributed by atoms with Gasteiger partial charge in [-0.2, -0.15) is 0 Å². The highest BCUT2D eigenvalue weighted by Crippen LogP contribution is 2.29. The molecule has 1 N–H and O–H groups in total. The second kappa shape index (κ2) is 7.09. The normalized spacial score (nSPS) is 17.0. The fourth-order valence-corrected chi connectivity index (χ4v) is 3.29. The first-order valence-electron chi connectivity index (χ1n) is 8.76. The number of aryl methyl sites for hydroxylation is 3. The minimum absolute atomic E-state index is 0.0158. The van der Waals surface area contributed by atoms with Gasteiger partial charge in [0.15, 0.2) is 0 Å². The lowest BCUT2D eigenvalue weighted by Gasteiger charge is -2.20. The summed E-state index contributed by atoms with van der Waals surface area (Å²) < 4.78 is 0. The monoisotopic (exact) mass is 336 g/mol. The van der Waals surface area contributed by atoms with Crippen LogP contribution in [-0.4, -0.2) is 18.4 Å². The van der Waals surface area contributed by atoms with Crippen LogP contribution in [0.3, 0.4) is 0 Å². The van der Waals surface area contributed by atoms with Crippen molar-refractivity contribution in [2.45, 2.75) is 33.6 Å². The summed E-state index contributed by atoms with van der Waals surface area (Å²) in [5, 5.41) is 3.00.